The first-order chi connectivity index (χ1) is 16.7. The molecule has 1 aromatic carbocycles. The van der Waals surface area contributed by atoms with Gasteiger partial charge in [0, 0.05) is 24.3 Å². The minimum absolute atomic E-state index is 0.000334. The Kier molecular flexibility index (Phi) is 8.81. The van der Waals surface area contributed by atoms with Crippen LogP contribution in [0.3, 0.4) is 0 Å². The van der Waals surface area contributed by atoms with Gasteiger partial charge in [0.15, 0.2) is 0 Å². The zero-order valence-corrected chi connectivity index (χ0v) is 20.8. The van der Waals surface area contributed by atoms with Crippen molar-refractivity contribution in [2.45, 2.75) is 13.8 Å². The molecule has 11 heteroatoms. The molecule has 0 atom stereocenters. The van der Waals surface area contributed by atoms with E-state index >= 15 is 0 Å². The van der Waals surface area contributed by atoms with Gasteiger partial charge in [-0.05, 0) is 49.2 Å². The van der Waals surface area contributed by atoms with E-state index in [0.29, 0.717) is 16.8 Å². The first kappa shape index (κ1) is 26.2. The van der Waals surface area contributed by atoms with Gasteiger partial charge in [0.05, 0.1) is 27.8 Å². The van der Waals surface area contributed by atoms with Crippen LogP contribution in [0.2, 0.25) is 15.2 Å². The van der Waals surface area contributed by atoms with Crippen LogP contribution < -0.4 is 10.6 Å². The van der Waals surface area contributed by atoms with Gasteiger partial charge in [-0.25, -0.2) is 9.78 Å². The normalized spacial score (nSPS) is 11.3. The number of nitrogens with zero attached hydrogens (tertiary/aromatic N) is 2. The fourth-order valence-electron chi connectivity index (χ4n) is 3.01. The van der Waals surface area contributed by atoms with Crippen LogP contribution >= 0.6 is 34.8 Å². The van der Waals surface area contributed by atoms with E-state index in [-0.39, 0.29) is 38.6 Å². The maximum atomic E-state index is 12.7. The van der Waals surface area contributed by atoms with E-state index in [2.05, 4.69) is 20.6 Å². The maximum Gasteiger partial charge on any atom is 0.355 e. The summed E-state index contributed by atoms with van der Waals surface area (Å²) in [5, 5.41) is 5.52. The van der Waals surface area contributed by atoms with Crippen molar-refractivity contribution in [3.8, 4) is 0 Å². The summed E-state index contributed by atoms with van der Waals surface area (Å²) in [5.41, 5.74) is 1.65. The topological polar surface area (TPSA) is 110 Å². The predicted molar refractivity (Wildman–Crippen MR) is 135 cm³/mol. The van der Waals surface area contributed by atoms with Gasteiger partial charge in [0.2, 0.25) is 0 Å². The highest BCUT2D eigenvalue weighted by atomic mass is 35.5. The Morgan fingerprint density at radius 1 is 0.971 bits per heavy atom. The lowest BCUT2D eigenvalue weighted by Crippen LogP contribution is -2.30. The number of rotatable bonds is 7. The molecule has 0 spiro atoms. The molecule has 0 bridgehead atoms. The molecule has 2 aromatic heterocycles. The molecule has 0 radical (unpaired) electrons. The zero-order valence-electron chi connectivity index (χ0n) is 18.6. The van der Waals surface area contributed by atoms with E-state index in [1.54, 1.807) is 44.2 Å². The highest BCUT2D eigenvalue weighted by Crippen LogP contribution is 2.25. The molecule has 0 saturated carbocycles. The molecule has 8 nitrogen and oxygen atoms in total. The van der Waals surface area contributed by atoms with Crippen LogP contribution in [-0.2, 0) is 9.53 Å². The fourth-order valence-corrected chi connectivity index (χ4v) is 3.75. The third-order valence-electron chi connectivity index (χ3n) is 4.75. The molecule has 0 saturated heterocycles. The van der Waals surface area contributed by atoms with Gasteiger partial charge in [-0.1, -0.05) is 46.9 Å². The van der Waals surface area contributed by atoms with Gasteiger partial charge in [-0.3, -0.25) is 14.6 Å². The van der Waals surface area contributed by atoms with E-state index in [4.69, 9.17) is 39.5 Å². The molecule has 0 fully saturated rings. The van der Waals surface area contributed by atoms with Crippen LogP contribution in [0.5, 0.6) is 0 Å². The number of carbonyl (C=O) groups is 3. The summed E-state index contributed by atoms with van der Waals surface area (Å²) in [5.74, 6) is -1.83. The maximum absolute atomic E-state index is 12.7. The summed E-state index contributed by atoms with van der Waals surface area (Å²) in [4.78, 5) is 45.6. The van der Waals surface area contributed by atoms with E-state index in [1.807, 2.05) is 0 Å². The Morgan fingerprint density at radius 3 is 2.23 bits per heavy atom. The summed E-state index contributed by atoms with van der Waals surface area (Å²) in [6.45, 7) is 3.43. The molecule has 3 aromatic rings. The summed E-state index contributed by atoms with van der Waals surface area (Å²) in [6, 6.07) is 9.64. The SMILES string of the molecule is CCOC(=O)/C(NC(=O)c1cccnc1Cl)=C(\C)c1ccc(NC(=O)c2c(Cl)cncc2Cl)cc1. The molecule has 0 unspecified atom stereocenters. The lowest BCUT2D eigenvalue weighted by atomic mass is 10.0. The lowest BCUT2D eigenvalue weighted by molar-refractivity contribution is -0.138. The van der Waals surface area contributed by atoms with Crippen LogP contribution in [0.4, 0.5) is 5.69 Å². The molecule has 35 heavy (non-hydrogen) atoms. The number of hydrogen-bond acceptors (Lipinski definition) is 6. The fraction of sp³-hybridized carbons (Fsp3) is 0.125. The smallest absolute Gasteiger partial charge is 0.355 e. The number of esters is 1. The molecule has 0 aliphatic carbocycles. The standard InChI is InChI=1S/C24H19Cl3N4O4/c1-3-35-24(34)20(31-22(32)16-5-4-10-29-21(16)27)13(2)14-6-8-15(9-7-14)30-23(33)19-17(25)11-28-12-18(19)26/h4-12H,3H2,1-2H3,(H,30,33)(H,31,32)/b20-13-. The Morgan fingerprint density at radius 2 is 1.63 bits per heavy atom. The number of pyridine rings is 2. The summed E-state index contributed by atoms with van der Waals surface area (Å²) in [6.07, 6.45) is 4.09. The molecular formula is C24H19Cl3N4O4. The number of amides is 2. The van der Waals surface area contributed by atoms with Gasteiger partial charge in [-0.15, -0.1) is 0 Å². The number of aromatic nitrogens is 2. The number of hydrogen-bond donors (Lipinski definition) is 2. The Hall–Kier alpha value is -3.46. The highest BCUT2D eigenvalue weighted by molar-refractivity contribution is 6.40. The molecule has 2 N–H and O–H groups in total. The number of nitrogens with one attached hydrogen (secondary N) is 2. The minimum Gasteiger partial charge on any atom is -0.461 e. The first-order valence-electron chi connectivity index (χ1n) is 10.2. The van der Waals surface area contributed by atoms with Crippen molar-refractivity contribution in [2.24, 2.45) is 0 Å². The van der Waals surface area contributed by atoms with Gasteiger partial charge in [0.1, 0.15) is 10.9 Å². The molecule has 2 amide bonds. The third kappa shape index (κ3) is 6.36. The van der Waals surface area contributed by atoms with Crippen molar-refractivity contribution in [2.75, 3.05) is 11.9 Å². The van der Waals surface area contributed by atoms with Crippen LogP contribution in [0.15, 0.2) is 60.7 Å². The Balaban J connectivity index is 1.87. The highest BCUT2D eigenvalue weighted by Gasteiger charge is 2.21. The summed E-state index contributed by atoms with van der Waals surface area (Å²) >= 11 is 18.1. The zero-order chi connectivity index (χ0) is 25.5. The van der Waals surface area contributed by atoms with Gasteiger partial charge in [-0.2, -0.15) is 0 Å². The largest absolute Gasteiger partial charge is 0.461 e. The van der Waals surface area contributed by atoms with Gasteiger partial charge >= 0.3 is 5.97 Å². The second-order valence-corrected chi connectivity index (χ2v) is 8.20. The quantitative estimate of drug-likeness (QED) is 0.239. The average Bonchev–Trinajstić information content (AvgIpc) is 2.82. The minimum atomic E-state index is -0.710. The monoisotopic (exact) mass is 532 g/mol. The van der Waals surface area contributed by atoms with E-state index in [1.165, 1.54) is 24.7 Å². The number of ether oxygens (including phenoxy) is 1. The number of anilines is 1. The molecule has 3 rings (SSSR count). The van der Waals surface area contributed by atoms with Gasteiger partial charge in [0.25, 0.3) is 11.8 Å². The summed E-state index contributed by atoms with van der Waals surface area (Å²) in [7, 11) is 0. The molecular weight excluding hydrogens is 515 g/mol. The van der Waals surface area contributed by atoms with Gasteiger partial charge < -0.3 is 15.4 Å². The third-order valence-corrected chi connectivity index (χ3v) is 5.63. The number of carbonyl (C=O) groups excluding carboxylic acids is 3. The average molecular weight is 534 g/mol. The Labute approximate surface area is 216 Å². The Bertz CT molecular complexity index is 1290. The van der Waals surface area contributed by atoms with Crippen molar-refractivity contribution < 1.29 is 19.1 Å². The van der Waals surface area contributed by atoms with Crippen molar-refractivity contribution in [1.29, 1.82) is 0 Å². The summed E-state index contributed by atoms with van der Waals surface area (Å²) < 4.78 is 5.11. The van der Waals surface area contributed by atoms with Crippen molar-refractivity contribution >= 4 is 63.8 Å². The second-order valence-electron chi connectivity index (χ2n) is 7.03. The van der Waals surface area contributed by atoms with Crippen molar-refractivity contribution in [1.82, 2.24) is 15.3 Å². The van der Waals surface area contributed by atoms with E-state index in [9.17, 15) is 14.4 Å². The van der Waals surface area contributed by atoms with Crippen LogP contribution in [-0.4, -0.2) is 34.4 Å². The van der Waals surface area contributed by atoms with Crippen LogP contribution in [0.25, 0.3) is 5.57 Å². The van der Waals surface area contributed by atoms with E-state index in [0.717, 1.165) is 0 Å². The lowest BCUT2D eigenvalue weighted by Gasteiger charge is -2.14. The molecule has 0 aliphatic rings. The van der Waals surface area contributed by atoms with E-state index < -0.39 is 17.8 Å². The molecule has 2 heterocycles. The van der Waals surface area contributed by atoms with Crippen molar-refractivity contribution in [3.63, 3.8) is 0 Å². The van der Waals surface area contributed by atoms with Crippen LogP contribution in [0, 0.1) is 0 Å². The second kappa shape index (κ2) is 11.8. The number of halogens is 3. The number of allylic oxidation sites excluding steroid dienone is 1. The van der Waals surface area contributed by atoms with Crippen LogP contribution in [0.1, 0.15) is 40.1 Å². The number of benzene rings is 1. The molecule has 180 valence electrons. The molecule has 0 aliphatic heterocycles. The predicted octanol–water partition coefficient (Wildman–Crippen LogP) is 5.41. The first-order valence-corrected chi connectivity index (χ1v) is 11.4. The van der Waals surface area contributed by atoms with Crippen molar-refractivity contribution in [3.05, 3.63) is 92.6 Å².